The molecule has 0 saturated heterocycles. The predicted octanol–water partition coefficient (Wildman–Crippen LogP) is 0.299. The molecule has 0 spiro atoms. The highest BCUT2D eigenvalue weighted by atomic mass is 32.2. The Kier molecular flexibility index (Phi) is 6.37. The molecule has 0 aliphatic rings. The predicted molar refractivity (Wildman–Crippen MR) is 74.2 cm³/mol. The Morgan fingerprint density at radius 3 is 2.60 bits per heavy atom. The molecule has 0 aliphatic carbocycles. The minimum atomic E-state index is -0.429. The highest BCUT2D eigenvalue weighted by molar-refractivity contribution is 7.99. The molecule has 1 N–H and O–H groups in total. The Labute approximate surface area is 122 Å². The first kappa shape index (κ1) is 16.9. The third kappa shape index (κ3) is 5.85. The van der Waals surface area contributed by atoms with Gasteiger partial charge in [-0.25, -0.2) is 4.68 Å². The molecule has 0 fully saturated rings. The van der Waals surface area contributed by atoms with Crippen LogP contribution in [-0.2, 0) is 20.8 Å². The summed E-state index contributed by atoms with van der Waals surface area (Å²) in [7, 11) is 3.09. The van der Waals surface area contributed by atoms with E-state index in [1.54, 1.807) is 18.9 Å². The SMILES string of the molecule is COC(Cn1nnnc1SCC(=O)NC(C)(C)C)OC. The van der Waals surface area contributed by atoms with Crippen LogP contribution in [0.25, 0.3) is 0 Å². The van der Waals surface area contributed by atoms with Crippen molar-refractivity contribution in [2.75, 3.05) is 20.0 Å². The zero-order valence-corrected chi connectivity index (χ0v) is 13.2. The summed E-state index contributed by atoms with van der Waals surface area (Å²) < 4.78 is 11.7. The molecule has 1 amide bonds. The lowest BCUT2D eigenvalue weighted by molar-refractivity contribution is -0.119. The zero-order chi connectivity index (χ0) is 15.2. The Bertz CT molecular complexity index is 428. The van der Waals surface area contributed by atoms with Crippen LogP contribution in [-0.4, -0.2) is 57.9 Å². The number of thioether (sulfide) groups is 1. The first-order valence-electron chi connectivity index (χ1n) is 6.11. The number of methoxy groups -OCH3 is 2. The van der Waals surface area contributed by atoms with Crippen molar-refractivity contribution in [2.24, 2.45) is 0 Å². The van der Waals surface area contributed by atoms with Crippen molar-refractivity contribution in [3.8, 4) is 0 Å². The van der Waals surface area contributed by atoms with Crippen LogP contribution in [0, 0.1) is 0 Å². The van der Waals surface area contributed by atoms with Crippen molar-refractivity contribution in [3.63, 3.8) is 0 Å². The van der Waals surface area contributed by atoms with E-state index in [4.69, 9.17) is 9.47 Å². The highest BCUT2D eigenvalue weighted by Crippen LogP contribution is 2.14. The maximum absolute atomic E-state index is 11.7. The fourth-order valence-electron chi connectivity index (χ4n) is 1.39. The van der Waals surface area contributed by atoms with Crippen LogP contribution < -0.4 is 5.32 Å². The maximum Gasteiger partial charge on any atom is 0.230 e. The zero-order valence-electron chi connectivity index (χ0n) is 12.4. The number of nitrogens with zero attached hydrogens (tertiary/aromatic N) is 4. The van der Waals surface area contributed by atoms with E-state index in [1.165, 1.54) is 11.8 Å². The smallest absolute Gasteiger partial charge is 0.230 e. The van der Waals surface area contributed by atoms with Gasteiger partial charge >= 0.3 is 0 Å². The topological polar surface area (TPSA) is 91.2 Å². The number of hydrogen-bond donors (Lipinski definition) is 1. The first-order chi connectivity index (χ1) is 9.35. The molecule has 0 aromatic carbocycles. The summed E-state index contributed by atoms with van der Waals surface area (Å²) in [5.74, 6) is 0.189. The Morgan fingerprint density at radius 1 is 1.40 bits per heavy atom. The van der Waals surface area contributed by atoms with E-state index in [1.807, 2.05) is 20.8 Å². The van der Waals surface area contributed by atoms with Crippen LogP contribution in [0.5, 0.6) is 0 Å². The van der Waals surface area contributed by atoms with E-state index in [9.17, 15) is 4.79 Å². The average Bonchev–Trinajstić information content (AvgIpc) is 2.78. The molecule has 0 bridgehead atoms. The molecule has 1 heterocycles. The summed E-state index contributed by atoms with van der Waals surface area (Å²) in [4.78, 5) is 11.7. The molecule has 0 atom stereocenters. The van der Waals surface area contributed by atoms with E-state index >= 15 is 0 Å². The second-order valence-electron chi connectivity index (χ2n) is 5.13. The summed E-state index contributed by atoms with van der Waals surface area (Å²) in [5, 5.41) is 14.7. The Balaban J connectivity index is 2.53. The fraction of sp³-hybridized carbons (Fsp3) is 0.818. The Morgan fingerprint density at radius 2 is 2.05 bits per heavy atom. The molecule has 1 aromatic heterocycles. The van der Waals surface area contributed by atoms with Gasteiger partial charge < -0.3 is 14.8 Å². The number of aromatic nitrogens is 4. The molecule has 20 heavy (non-hydrogen) atoms. The molecule has 9 heteroatoms. The first-order valence-corrected chi connectivity index (χ1v) is 7.10. The lowest BCUT2D eigenvalue weighted by atomic mass is 10.1. The van der Waals surface area contributed by atoms with Gasteiger partial charge in [0.15, 0.2) is 6.29 Å². The lowest BCUT2D eigenvalue weighted by Gasteiger charge is -2.20. The molecule has 114 valence electrons. The minimum Gasteiger partial charge on any atom is -0.354 e. The number of tetrazole rings is 1. The number of amides is 1. The maximum atomic E-state index is 11.7. The van der Waals surface area contributed by atoms with Crippen molar-refractivity contribution in [1.82, 2.24) is 25.5 Å². The number of nitrogens with one attached hydrogen (secondary N) is 1. The molecular weight excluding hydrogens is 282 g/mol. The van der Waals surface area contributed by atoms with Gasteiger partial charge in [0.1, 0.15) is 0 Å². The number of rotatable bonds is 7. The fourth-order valence-corrected chi connectivity index (χ4v) is 2.07. The Hall–Kier alpha value is -1.19. The second-order valence-corrected chi connectivity index (χ2v) is 6.07. The van der Waals surface area contributed by atoms with Crippen molar-refractivity contribution in [2.45, 2.75) is 44.3 Å². The molecule has 0 unspecified atom stereocenters. The van der Waals surface area contributed by atoms with Crippen molar-refractivity contribution in [1.29, 1.82) is 0 Å². The van der Waals surface area contributed by atoms with Crippen molar-refractivity contribution < 1.29 is 14.3 Å². The van der Waals surface area contributed by atoms with Crippen LogP contribution in [0.2, 0.25) is 0 Å². The molecule has 0 aliphatic heterocycles. The van der Waals surface area contributed by atoms with E-state index in [2.05, 4.69) is 20.8 Å². The van der Waals surface area contributed by atoms with Crippen molar-refractivity contribution in [3.05, 3.63) is 0 Å². The van der Waals surface area contributed by atoms with Gasteiger partial charge in [0, 0.05) is 19.8 Å². The lowest BCUT2D eigenvalue weighted by Crippen LogP contribution is -2.41. The molecular formula is C11H21N5O3S. The van der Waals surface area contributed by atoms with Crippen LogP contribution in [0.1, 0.15) is 20.8 Å². The van der Waals surface area contributed by atoms with Crippen LogP contribution in [0.3, 0.4) is 0 Å². The summed E-state index contributed by atoms with van der Waals surface area (Å²) in [6.07, 6.45) is -0.429. The van der Waals surface area contributed by atoms with E-state index in [0.717, 1.165) is 0 Å². The van der Waals surface area contributed by atoms with E-state index in [-0.39, 0.29) is 17.2 Å². The van der Waals surface area contributed by atoms with Gasteiger partial charge in [0.05, 0.1) is 12.3 Å². The normalized spacial score (nSPS) is 11.9. The standard InChI is InChI=1S/C11H21N5O3S/c1-11(2,3)12-8(17)7-20-10-13-14-15-16(10)6-9(18-4)19-5/h9H,6-7H2,1-5H3,(H,12,17). The van der Waals surface area contributed by atoms with Crippen LogP contribution in [0.15, 0.2) is 5.16 Å². The summed E-state index contributed by atoms with van der Waals surface area (Å²) in [6, 6.07) is 0. The molecule has 0 radical (unpaired) electrons. The third-order valence-corrected chi connectivity index (χ3v) is 3.15. The molecule has 8 nitrogen and oxygen atoms in total. The van der Waals surface area contributed by atoms with Gasteiger partial charge in [-0.15, -0.1) is 5.10 Å². The van der Waals surface area contributed by atoms with Gasteiger partial charge in [-0.1, -0.05) is 11.8 Å². The van der Waals surface area contributed by atoms with E-state index < -0.39 is 6.29 Å². The summed E-state index contributed by atoms with van der Waals surface area (Å²) >= 11 is 1.27. The summed E-state index contributed by atoms with van der Waals surface area (Å²) in [6.45, 7) is 6.16. The molecule has 0 saturated carbocycles. The third-order valence-electron chi connectivity index (χ3n) is 2.19. The number of hydrogen-bond acceptors (Lipinski definition) is 7. The van der Waals surface area contributed by atoms with E-state index in [0.29, 0.717) is 11.7 Å². The number of carbonyl (C=O) groups is 1. The monoisotopic (exact) mass is 303 g/mol. The van der Waals surface area contributed by atoms with Gasteiger partial charge in [0.25, 0.3) is 0 Å². The summed E-state index contributed by atoms with van der Waals surface area (Å²) in [5.41, 5.74) is -0.249. The highest BCUT2D eigenvalue weighted by Gasteiger charge is 2.17. The average molecular weight is 303 g/mol. The molecule has 1 rings (SSSR count). The van der Waals surface area contributed by atoms with Gasteiger partial charge in [-0.05, 0) is 31.2 Å². The number of carbonyl (C=O) groups excluding carboxylic acids is 1. The minimum absolute atomic E-state index is 0.0629. The molecule has 1 aromatic rings. The van der Waals surface area contributed by atoms with Crippen LogP contribution >= 0.6 is 11.8 Å². The second kappa shape index (κ2) is 7.55. The van der Waals surface area contributed by atoms with Gasteiger partial charge in [0.2, 0.25) is 11.1 Å². The van der Waals surface area contributed by atoms with Gasteiger partial charge in [-0.3, -0.25) is 4.79 Å². The number of ether oxygens (including phenoxy) is 2. The largest absolute Gasteiger partial charge is 0.354 e. The van der Waals surface area contributed by atoms with Crippen molar-refractivity contribution >= 4 is 17.7 Å². The van der Waals surface area contributed by atoms with Crippen LogP contribution in [0.4, 0.5) is 0 Å². The van der Waals surface area contributed by atoms with Gasteiger partial charge in [-0.2, -0.15) is 0 Å². The quantitative estimate of drug-likeness (QED) is 0.572.